The molecule has 0 rings (SSSR count). The van der Waals surface area contributed by atoms with Crippen LogP contribution in [0.3, 0.4) is 0 Å². The summed E-state index contributed by atoms with van der Waals surface area (Å²) in [6.45, 7) is 0. The number of primary sulfonamides is 1. The van der Waals surface area contributed by atoms with Crippen molar-refractivity contribution < 1.29 is 31.5 Å². The van der Waals surface area contributed by atoms with Gasteiger partial charge in [-0.3, -0.25) is 9.59 Å². The molecule has 0 heterocycles. The maximum atomic E-state index is 11.9. The monoisotopic (exact) mass is 344 g/mol. The normalized spacial score (nSPS) is 14.3. The number of hydrazine groups is 2. The van der Waals surface area contributed by atoms with Crippen molar-refractivity contribution in [1.29, 1.82) is 5.26 Å². The third-order valence-corrected chi connectivity index (χ3v) is 6.24. The highest BCUT2D eigenvalue weighted by atomic mass is 32.3. The molecule has 0 saturated heterocycles. The Morgan fingerprint density at radius 2 is 1.81 bits per heavy atom. The number of nitro groups is 1. The molecule has 0 bridgehead atoms. The zero-order valence-electron chi connectivity index (χ0n) is 10.1. The molecule has 0 aliphatic carbocycles. The van der Waals surface area contributed by atoms with Gasteiger partial charge < -0.3 is 5.73 Å². The minimum atomic E-state index is -5.59. The maximum absolute atomic E-state index is 11.9. The summed E-state index contributed by atoms with van der Waals surface area (Å²) in [6, 6.07) is 0. The summed E-state index contributed by atoms with van der Waals surface area (Å²) in [5.74, 6) is -4.77. The maximum Gasteiger partial charge on any atom is 0.357 e. The second-order valence-corrected chi connectivity index (χ2v) is 7.49. The molecule has 0 aliphatic rings. The van der Waals surface area contributed by atoms with Crippen LogP contribution in [0.25, 0.3) is 0 Å². The lowest BCUT2D eigenvalue weighted by Crippen LogP contribution is -2.69. The van der Waals surface area contributed by atoms with E-state index in [0.29, 0.717) is 0 Å². The zero-order chi connectivity index (χ0) is 17.2. The molecule has 0 spiro atoms. The summed E-state index contributed by atoms with van der Waals surface area (Å²) in [4.78, 5) is 33.7. The van der Waals surface area contributed by atoms with Crippen molar-refractivity contribution in [3.63, 3.8) is 0 Å². The summed E-state index contributed by atoms with van der Waals surface area (Å²) in [6.07, 6.45) is 0.977. The Morgan fingerprint density at radius 1 is 1.38 bits per heavy atom. The number of nitriles is 1. The molecule has 0 fully saturated rings. The summed E-state index contributed by atoms with van der Waals surface area (Å²) in [5, 5.41) is 20.7. The van der Waals surface area contributed by atoms with Crippen LogP contribution in [-0.4, -0.2) is 49.1 Å². The molecule has 0 aromatic carbocycles. The minimum Gasteiger partial charge on any atom is -0.367 e. The van der Waals surface area contributed by atoms with Gasteiger partial charge in [0.1, 0.15) is 0 Å². The largest absolute Gasteiger partial charge is 0.367 e. The Morgan fingerprint density at radius 3 is 2.00 bits per heavy atom. The van der Waals surface area contributed by atoms with Crippen LogP contribution in [-0.2, 0) is 29.4 Å². The molecule has 118 valence electrons. The van der Waals surface area contributed by atoms with E-state index in [-0.39, 0.29) is 6.26 Å². The molecule has 5 N–H and O–H groups in total. The Hall–Kier alpha value is -2.51. The number of amides is 2. The van der Waals surface area contributed by atoms with E-state index in [9.17, 15) is 36.5 Å². The lowest BCUT2D eigenvalue weighted by molar-refractivity contribution is -0.645. The molecule has 1 unspecified atom stereocenters. The van der Waals surface area contributed by atoms with E-state index in [1.54, 1.807) is 0 Å². The second-order valence-electron chi connectivity index (χ2n) is 3.38. The molecule has 0 aromatic rings. The van der Waals surface area contributed by atoms with Crippen LogP contribution in [0.2, 0.25) is 0 Å². The first-order chi connectivity index (χ1) is 9.25. The van der Waals surface area contributed by atoms with Crippen LogP contribution >= 0.6 is 0 Å². The number of nitrogens with one attached hydrogen (secondary N) is 1. The Kier molecular flexibility index (Phi) is 4.82. The number of sulfonamides is 1. The molecule has 0 aromatic heterocycles. The highest BCUT2D eigenvalue weighted by Gasteiger charge is 2.68. The van der Waals surface area contributed by atoms with Crippen molar-refractivity contribution in [3.05, 3.63) is 10.1 Å². The van der Waals surface area contributed by atoms with Gasteiger partial charge in [-0.15, -0.1) is 0 Å². The van der Waals surface area contributed by atoms with Gasteiger partial charge in [-0.05, 0) is 0 Å². The summed E-state index contributed by atoms with van der Waals surface area (Å²) in [5.41, 5.74) is 5.71. The van der Waals surface area contributed by atoms with Crippen LogP contribution in [0.5, 0.6) is 0 Å². The Labute approximate surface area is 117 Å². The summed E-state index contributed by atoms with van der Waals surface area (Å²) in [7, 11) is -10.8. The molecular formula is C5H8N6O8S2. The van der Waals surface area contributed by atoms with Crippen molar-refractivity contribution >= 4 is 31.7 Å². The molecule has 0 saturated carbocycles. The quantitative estimate of drug-likeness (QED) is 0.137. The average Bonchev–Trinajstić information content (AvgIpc) is 2.20. The smallest absolute Gasteiger partial charge is 0.357 e. The van der Waals surface area contributed by atoms with Gasteiger partial charge in [0.15, 0.2) is 14.9 Å². The summed E-state index contributed by atoms with van der Waals surface area (Å²) < 4.78 is 41.8. The van der Waals surface area contributed by atoms with Crippen molar-refractivity contribution in [1.82, 2.24) is 10.5 Å². The molecule has 1 atom stereocenters. The molecule has 0 aliphatic heterocycles. The summed E-state index contributed by atoms with van der Waals surface area (Å²) >= 11 is 0. The third-order valence-electron chi connectivity index (χ3n) is 2.04. The van der Waals surface area contributed by atoms with Gasteiger partial charge in [0.05, 0.1) is 5.12 Å². The standard InChI is InChI=1S/C5H8N6O8S2/c1-20(16,17)5(3(7)12,21(8,18)19)4(13)10(9-2-6)11(14)15/h9H,1H3,(H2,7,12)(H2,8,18,19). The predicted molar refractivity (Wildman–Crippen MR) is 62.5 cm³/mol. The number of carbonyl (C=O) groups is 2. The molecule has 0 radical (unpaired) electrons. The fraction of sp³-hybridized carbons (Fsp3) is 0.400. The Balaban J connectivity index is 6.73. The van der Waals surface area contributed by atoms with Gasteiger partial charge in [0.25, 0.3) is 5.91 Å². The van der Waals surface area contributed by atoms with Crippen LogP contribution < -0.4 is 16.3 Å². The van der Waals surface area contributed by atoms with Crippen LogP contribution in [0.1, 0.15) is 0 Å². The van der Waals surface area contributed by atoms with E-state index in [1.165, 1.54) is 0 Å². The number of carbonyl (C=O) groups excluding carboxylic acids is 2. The first-order valence-electron chi connectivity index (χ1n) is 4.40. The third kappa shape index (κ3) is 2.83. The van der Waals surface area contributed by atoms with Gasteiger partial charge in [0, 0.05) is 6.26 Å². The van der Waals surface area contributed by atoms with E-state index in [2.05, 4.69) is 10.9 Å². The van der Waals surface area contributed by atoms with E-state index in [4.69, 9.17) is 5.26 Å². The zero-order valence-corrected chi connectivity index (χ0v) is 11.7. The first-order valence-corrected chi connectivity index (χ1v) is 7.84. The van der Waals surface area contributed by atoms with Gasteiger partial charge in [0.2, 0.25) is 16.2 Å². The fourth-order valence-corrected chi connectivity index (χ4v) is 4.34. The number of sulfone groups is 1. The van der Waals surface area contributed by atoms with E-state index in [0.717, 1.165) is 11.6 Å². The van der Waals surface area contributed by atoms with Crippen molar-refractivity contribution in [2.75, 3.05) is 6.26 Å². The number of hydrogen-bond donors (Lipinski definition) is 3. The van der Waals surface area contributed by atoms with Crippen molar-refractivity contribution in [2.24, 2.45) is 10.9 Å². The first kappa shape index (κ1) is 18.5. The number of nitrogens with two attached hydrogens (primary N) is 2. The van der Waals surface area contributed by atoms with Crippen LogP contribution in [0.15, 0.2) is 0 Å². The average molecular weight is 344 g/mol. The minimum absolute atomic E-state index is 0.102. The molecular weight excluding hydrogens is 336 g/mol. The van der Waals surface area contributed by atoms with E-state index < -0.39 is 45.9 Å². The SMILES string of the molecule is CS(=O)(=O)C(C(N)=O)(C(=O)N(NC#N)[N+](=O)[O-])S(N)(=O)=O. The van der Waals surface area contributed by atoms with E-state index in [1.807, 2.05) is 0 Å². The number of rotatable bonds is 6. The molecule has 2 amide bonds. The predicted octanol–water partition coefficient (Wildman–Crippen LogP) is -4.49. The lowest BCUT2D eigenvalue weighted by atomic mass is 10.3. The van der Waals surface area contributed by atoms with E-state index >= 15 is 0 Å². The number of primary amides is 1. The second kappa shape index (κ2) is 5.47. The van der Waals surface area contributed by atoms with Gasteiger partial charge >= 0.3 is 9.99 Å². The van der Waals surface area contributed by atoms with Crippen molar-refractivity contribution in [3.8, 4) is 6.19 Å². The highest BCUT2D eigenvalue weighted by molar-refractivity contribution is 8.11. The number of hydrogen-bond acceptors (Lipinski definition) is 10. The van der Waals surface area contributed by atoms with Crippen LogP contribution in [0.4, 0.5) is 0 Å². The van der Waals surface area contributed by atoms with Gasteiger partial charge in [-0.2, -0.15) is 10.7 Å². The molecule has 16 heteroatoms. The van der Waals surface area contributed by atoms with Gasteiger partial charge in [-0.1, -0.05) is 0 Å². The lowest BCUT2D eigenvalue weighted by Gasteiger charge is -2.25. The topological polar surface area (TPSA) is 237 Å². The van der Waals surface area contributed by atoms with Crippen molar-refractivity contribution in [2.45, 2.75) is 4.08 Å². The van der Waals surface area contributed by atoms with Gasteiger partial charge in [-0.25, -0.2) is 32.1 Å². The van der Waals surface area contributed by atoms with Crippen LogP contribution in [0, 0.1) is 21.6 Å². The fourth-order valence-electron chi connectivity index (χ4n) is 1.27. The number of nitrogens with zero attached hydrogens (tertiary/aromatic N) is 3. The molecule has 21 heavy (non-hydrogen) atoms. The Bertz CT molecular complexity index is 700. The molecule has 14 nitrogen and oxygen atoms in total. The highest BCUT2D eigenvalue weighted by Crippen LogP contribution is 2.24.